The van der Waals surface area contributed by atoms with Crippen LogP contribution in [0.4, 0.5) is 17.1 Å². The minimum absolute atomic E-state index is 0.640. The predicted octanol–water partition coefficient (Wildman–Crippen LogP) is 12.0. The molecule has 2 aromatic heterocycles. The molecule has 0 bridgehead atoms. The molecule has 4 nitrogen and oxygen atoms in total. The van der Waals surface area contributed by atoms with E-state index in [4.69, 9.17) is 9.97 Å². The van der Waals surface area contributed by atoms with Crippen LogP contribution in [-0.4, -0.2) is 14.5 Å². The third-order valence-electron chi connectivity index (χ3n) is 9.76. The molecule has 0 N–H and O–H groups in total. The monoisotopic (exact) mass is 638 g/mol. The highest BCUT2D eigenvalue weighted by atomic mass is 15.2. The fourth-order valence-corrected chi connectivity index (χ4v) is 7.59. The van der Waals surface area contributed by atoms with Crippen LogP contribution in [0.2, 0.25) is 0 Å². The van der Waals surface area contributed by atoms with Crippen molar-refractivity contribution in [3.63, 3.8) is 0 Å². The second kappa shape index (κ2) is 11.4. The number of benzene rings is 7. The van der Waals surface area contributed by atoms with Crippen LogP contribution in [0.1, 0.15) is 0 Å². The maximum Gasteiger partial charge on any atom is 0.235 e. The lowest BCUT2D eigenvalue weighted by atomic mass is 9.92. The number of hydrogen-bond acceptors (Lipinski definition) is 3. The van der Waals surface area contributed by atoms with Gasteiger partial charge in [-0.3, -0.25) is 4.57 Å². The first-order chi connectivity index (χ1) is 24.8. The highest BCUT2D eigenvalue weighted by Gasteiger charge is 2.29. The van der Waals surface area contributed by atoms with Gasteiger partial charge in [0.05, 0.1) is 33.8 Å². The smallest absolute Gasteiger partial charge is 0.235 e. The summed E-state index contributed by atoms with van der Waals surface area (Å²) in [5.41, 5.74) is 14.2. The normalized spacial score (nSPS) is 12.0. The van der Waals surface area contributed by atoms with Crippen LogP contribution in [0.25, 0.3) is 72.5 Å². The Bertz CT molecular complexity index is 2640. The summed E-state index contributed by atoms with van der Waals surface area (Å²) in [7, 11) is 0. The summed E-state index contributed by atoms with van der Waals surface area (Å²) in [6.07, 6.45) is 0. The van der Waals surface area contributed by atoms with E-state index in [2.05, 4.69) is 179 Å². The Morgan fingerprint density at radius 2 is 0.960 bits per heavy atom. The molecule has 0 unspecified atom stereocenters. The van der Waals surface area contributed by atoms with E-state index >= 15 is 0 Å². The first kappa shape index (κ1) is 28.3. The van der Waals surface area contributed by atoms with Crippen molar-refractivity contribution in [1.29, 1.82) is 0 Å². The van der Waals surface area contributed by atoms with Gasteiger partial charge in [0.1, 0.15) is 0 Å². The van der Waals surface area contributed by atoms with E-state index in [0.717, 1.165) is 56.0 Å². The Morgan fingerprint density at radius 1 is 0.400 bits per heavy atom. The average molecular weight is 639 g/mol. The van der Waals surface area contributed by atoms with Gasteiger partial charge in [-0.1, -0.05) is 140 Å². The Labute approximate surface area is 290 Å². The quantitative estimate of drug-likeness (QED) is 0.192. The van der Waals surface area contributed by atoms with Crippen LogP contribution in [0.3, 0.4) is 0 Å². The van der Waals surface area contributed by atoms with Gasteiger partial charge in [-0.15, -0.1) is 0 Å². The van der Waals surface area contributed by atoms with Gasteiger partial charge in [0, 0.05) is 38.7 Å². The number of aromatic nitrogens is 3. The molecule has 1 aliphatic heterocycles. The standard InChI is InChI=1S/C46H30N4/c1-4-16-31(17-5-1)38-30-39(32-18-6-2-7-19-32)48-46(47-38)50-41-27-15-13-25-37(41)45-43(50)29-28-42-44(45)36-24-11-10-22-34(36)35-23-12-14-26-40(35)49(42)33-20-8-3-9-21-33/h1-30H. The van der Waals surface area contributed by atoms with Gasteiger partial charge in [-0.2, -0.15) is 0 Å². The molecule has 0 atom stereocenters. The predicted molar refractivity (Wildman–Crippen MR) is 206 cm³/mol. The van der Waals surface area contributed by atoms with Crippen molar-refractivity contribution < 1.29 is 0 Å². The zero-order chi connectivity index (χ0) is 33.0. The van der Waals surface area contributed by atoms with Crippen molar-refractivity contribution in [1.82, 2.24) is 14.5 Å². The molecule has 0 aliphatic carbocycles. The van der Waals surface area contributed by atoms with Gasteiger partial charge in [-0.05, 0) is 53.6 Å². The van der Waals surface area contributed by atoms with Crippen molar-refractivity contribution in [3.8, 4) is 50.7 Å². The molecule has 0 saturated carbocycles. The first-order valence-electron chi connectivity index (χ1n) is 16.9. The van der Waals surface area contributed by atoms with Crippen LogP contribution in [0.5, 0.6) is 0 Å². The second-order valence-electron chi connectivity index (χ2n) is 12.6. The van der Waals surface area contributed by atoms with E-state index in [1.807, 2.05) is 12.1 Å². The van der Waals surface area contributed by atoms with Gasteiger partial charge in [0.15, 0.2) is 0 Å². The van der Waals surface area contributed by atoms with E-state index in [0.29, 0.717) is 5.95 Å². The maximum atomic E-state index is 5.28. The topological polar surface area (TPSA) is 34.0 Å². The van der Waals surface area contributed by atoms with Gasteiger partial charge >= 0.3 is 0 Å². The van der Waals surface area contributed by atoms with Crippen molar-refractivity contribution in [2.45, 2.75) is 0 Å². The van der Waals surface area contributed by atoms with Crippen molar-refractivity contribution in [2.75, 3.05) is 4.90 Å². The zero-order valence-electron chi connectivity index (χ0n) is 27.1. The summed E-state index contributed by atoms with van der Waals surface area (Å²) < 4.78 is 2.25. The molecular formula is C46H30N4. The van der Waals surface area contributed by atoms with Crippen molar-refractivity contribution >= 4 is 38.9 Å². The van der Waals surface area contributed by atoms with E-state index in [-0.39, 0.29) is 0 Å². The van der Waals surface area contributed by atoms with Crippen LogP contribution >= 0.6 is 0 Å². The molecule has 0 amide bonds. The molecule has 50 heavy (non-hydrogen) atoms. The first-order valence-corrected chi connectivity index (χ1v) is 16.9. The molecule has 7 aromatic carbocycles. The number of nitrogens with zero attached hydrogens (tertiary/aromatic N) is 4. The maximum absolute atomic E-state index is 5.28. The van der Waals surface area contributed by atoms with Crippen LogP contribution in [0, 0.1) is 0 Å². The van der Waals surface area contributed by atoms with Gasteiger partial charge in [0.2, 0.25) is 5.95 Å². The summed E-state index contributed by atoms with van der Waals surface area (Å²) in [6, 6.07) is 64.3. The molecule has 4 heteroatoms. The molecule has 3 heterocycles. The molecule has 234 valence electrons. The molecule has 9 aromatic rings. The highest BCUT2D eigenvalue weighted by Crippen LogP contribution is 2.54. The Kier molecular flexibility index (Phi) is 6.46. The fourth-order valence-electron chi connectivity index (χ4n) is 7.59. The number of hydrogen-bond donors (Lipinski definition) is 0. The SMILES string of the molecule is c1ccc(-c2cc(-c3ccccc3)nc(-n3c4ccccc4c4c5c(ccc43)N(c3ccccc3)c3ccccc3-c3ccccc3-5)n2)cc1. The largest absolute Gasteiger partial charge is 0.309 e. The van der Waals surface area contributed by atoms with E-state index in [9.17, 15) is 0 Å². The lowest BCUT2D eigenvalue weighted by Gasteiger charge is -2.27. The summed E-state index contributed by atoms with van der Waals surface area (Å²) in [5.74, 6) is 0.640. The highest BCUT2D eigenvalue weighted by molar-refractivity contribution is 6.21. The lowest BCUT2D eigenvalue weighted by Crippen LogP contribution is -2.11. The number of rotatable bonds is 4. The minimum atomic E-state index is 0.640. The van der Waals surface area contributed by atoms with Crippen LogP contribution < -0.4 is 4.90 Å². The summed E-state index contributed by atoms with van der Waals surface area (Å²) in [4.78, 5) is 13.0. The third kappa shape index (κ3) is 4.39. The van der Waals surface area contributed by atoms with Crippen molar-refractivity contribution in [3.05, 3.63) is 182 Å². The van der Waals surface area contributed by atoms with E-state index < -0.39 is 0 Å². The third-order valence-corrected chi connectivity index (χ3v) is 9.76. The molecule has 0 saturated heterocycles. The Hall–Kier alpha value is -6.78. The number of para-hydroxylation sites is 3. The molecule has 0 spiro atoms. The Morgan fingerprint density at radius 3 is 1.66 bits per heavy atom. The fraction of sp³-hybridized carbons (Fsp3) is 0. The molecule has 10 rings (SSSR count). The lowest BCUT2D eigenvalue weighted by molar-refractivity contribution is 0.995. The zero-order valence-corrected chi connectivity index (χ0v) is 27.1. The van der Waals surface area contributed by atoms with Crippen LogP contribution in [0.15, 0.2) is 182 Å². The minimum Gasteiger partial charge on any atom is -0.309 e. The average Bonchev–Trinajstić information content (AvgIpc) is 3.47. The summed E-state index contributed by atoms with van der Waals surface area (Å²) in [5, 5.41) is 2.33. The van der Waals surface area contributed by atoms with Gasteiger partial charge < -0.3 is 4.90 Å². The second-order valence-corrected chi connectivity index (χ2v) is 12.6. The molecule has 0 radical (unpaired) electrons. The van der Waals surface area contributed by atoms with Gasteiger partial charge in [0.25, 0.3) is 0 Å². The van der Waals surface area contributed by atoms with E-state index in [1.165, 1.54) is 27.6 Å². The molecule has 0 fully saturated rings. The molecular weight excluding hydrogens is 609 g/mol. The Balaban J connectivity index is 1.33. The number of fused-ring (bicyclic) bond motifs is 9. The number of anilines is 3. The summed E-state index contributed by atoms with van der Waals surface area (Å²) in [6.45, 7) is 0. The van der Waals surface area contributed by atoms with E-state index in [1.54, 1.807) is 0 Å². The summed E-state index contributed by atoms with van der Waals surface area (Å²) >= 11 is 0. The molecule has 1 aliphatic rings. The van der Waals surface area contributed by atoms with Crippen molar-refractivity contribution in [2.24, 2.45) is 0 Å². The van der Waals surface area contributed by atoms with Gasteiger partial charge in [-0.25, -0.2) is 9.97 Å². The van der Waals surface area contributed by atoms with Crippen LogP contribution in [-0.2, 0) is 0 Å².